The van der Waals surface area contributed by atoms with E-state index >= 15 is 0 Å². The fourth-order valence-corrected chi connectivity index (χ4v) is 1.72. The zero-order valence-corrected chi connectivity index (χ0v) is 9.25. The Morgan fingerprint density at radius 3 is 2.64 bits per heavy atom. The number of carbonyl (C=O) groups excluding carboxylic acids is 1. The molecule has 0 aromatic carbocycles. The quantitative estimate of drug-likeness (QED) is 0.675. The van der Waals surface area contributed by atoms with Crippen LogP contribution in [0.3, 0.4) is 0 Å². The number of hydrogen-bond donors (Lipinski definition) is 2. The minimum absolute atomic E-state index is 0.196. The standard InChI is InChI=1S/C11H22N2O/c1-3-10(6-7-12)13-11(14)8(2)9-4-5-9/h8-10H,3-7,12H2,1-2H3,(H,13,14). The minimum Gasteiger partial charge on any atom is -0.353 e. The van der Waals surface area contributed by atoms with Crippen molar-refractivity contribution in [3.8, 4) is 0 Å². The van der Waals surface area contributed by atoms with Gasteiger partial charge in [0.25, 0.3) is 0 Å². The molecule has 1 rings (SSSR count). The van der Waals surface area contributed by atoms with Gasteiger partial charge in [0.1, 0.15) is 0 Å². The van der Waals surface area contributed by atoms with Crippen molar-refractivity contribution in [3.05, 3.63) is 0 Å². The van der Waals surface area contributed by atoms with E-state index in [1.54, 1.807) is 0 Å². The molecule has 3 N–H and O–H groups in total. The first-order valence-electron chi connectivity index (χ1n) is 5.69. The number of nitrogens with two attached hydrogens (primary N) is 1. The van der Waals surface area contributed by atoms with Crippen LogP contribution in [-0.2, 0) is 4.79 Å². The molecule has 3 nitrogen and oxygen atoms in total. The van der Waals surface area contributed by atoms with Gasteiger partial charge in [-0.3, -0.25) is 4.79 Å². The van der Waals surface area contributed by atoms with Crippen molar-refractivity contribution in [2.75, 3.05) is 6.54 Å². The fourth-order valence-electron chi connectivity index (χ4n) is 1.72. The van der Waals surface area contributed by atoms with Crippen molar-refractivity contribution >= 4 is 5.91 Å². The number of hydrogen-bond acceptors (Lipinski definition) is 2. The van der Waals surface area contributed by atoms with E-state index < -0.39 is 0 Å². The molecular weight excluding hydrogens is 176 g/mol. The van der Waals surface area contributed by atoms with Crippen molar-refractivity contribution < 1.29 is 4.79 Å². The Morgan fingerprint density at radius 1 is 1.57 bits per heavy atom. The molecule has 1 amide bonds. The highest BCUT2D eigenvalue weighted by atomic mass is 16.1. The zero-order valence-electron chi connectivity index (χ0n) is 9.25. The largest absolute Gasteiger partial charge is 0.353 e. The first kappa shape index (κ1) is 11.5. The maximum Gasteiger partial charge on any atom is 0.223 e. The van der Waals surface area contributed by atoms with Crippen LogP contribution in [0.4, 0.5) is 0 Å². The van der Waals surface area contributed by atoms with E-state index in [1.165, 1.54) is 12.8 Å². The lowest BCUT2D eigenvalue weighted by Crippen LogP contribution is -2.39. The Kier molecular flexibility index (Phi) is 4.39. The van der Waals surface area contributed by atoms with E-state index in [9.17, 15) is 4.79 Å². The van der Waals surface area contributed by atoms with Crippen molar-refractivity contribution in [2.45, 2.75) is 45.6 Å². The molecule has 0 saturated heterocycles. The first-order chi connectivity index (χ1) is 6.69. The van der Waals surface area contributed by atoms with Crippen LogP contribution in [0.1, 0.15) is 39.5 Å². The average molecular weight is 198 g/mol. The summed E-state index contributed by atoms with van der Waals surface area (Å²) in [6.45, 7) is 4.77. The molecule has 0 spiro atoms. The molecule has 3 heteroatoms. The van der Waals surface area contributed by atoms with Crippen LogP contribution < -0.4 is 11.1 Å². The minimum atomic E-state index is 0.196. The van der Waals surface area contributed by atoms with Crippen LogP contribution >= 0.6 is 0 Å². The summed E-state index contributed by atoms with van der Waals surface area (Å²) >= 11 is 0. The smallest absolute Gasteiger partial charge is 0.223 e. The molecule has 0 aromatic rings. The van der Waals surface area contributed by atoms with Gasteiger partial charge in [0.2, 0.25) is 5.91 Å². The molecule has 1 saturated carbocycles. The van der Waals surface area contributed by atoms with E-state index in [4.69, 9.17) is 5.73 Å². The average Bonchev–Trinajstić information content (AvgIpc) is 2.99. The summed E-state index contributed by atoms with van der Waals surface area (Å²) in [5.41, 5.74) is 5.48. The molecule has 2 unspecified atom stereocenters. The topological polar surface area (TPSA) is 55.1 Å². The zero-order chi connectivity index (χ0) is 10.6. The SMILES string of the molecule is CCC(CCN)NC(=O)C(C)C1CC1. The van der Waals surface area contributed by atoms with Crippen molar-refractivity contribution in [1.29, 1.82) is 0 Å². The predicted octanol–water partition coefficient (Wildman–Crippen LogP) is 1.28. The second-order valence-electron chi connectivity index (χ2n) is 4.32. The summed E-state index contributed by atoms with van der Waals surface area (Å²) in [5, 5.41) is 3.07. The van der Waals surface area contributed by atoms with Crippen molar-refractivity contribution in [2.24, 2.45) is 17.6 Å². The van der Waals surface area contributed by atoms with Gasteiger partial charge in [0.15, 0.2) is 0 Å². The van der Waals surface area contributed by atoms with E-state index in [2.05, 4.69) is 12.2 Å². The van der Waals surface area contributed by atoms with E-state index in [-0.39, 0.29) is 17.9 Å². The molecule has 0 aliphatic heterocycles. The van der Waals surface area contributed by atoms with Crippen LogP contribution in [0, 0.1) is 11.8 Å². The normalized spacial score (nSPS) is 20.2. The Balaban J connectivity index is 2.29. The molecule has 0 heterocycles. The second-order valence-corrected chi connectivity index (χ2v) is 4.32. The molecule has 1 fully saturated rings. The van der Waals surface area contributed by atoms with Gasteiger partial charge in [-0.1, -0.05) is 13.8 Å². The number of nitrogens with one attached hydrogen (secondary N) is 1. The summed E-state index contributed by atoms with van der Waals surface area (Å²) in [6, 6.07) is 0.272. The lowest BCUT2D eigenvalue weighted by Gasteiger charge is -2.18. The van der Waals surface area contributed by atoms with Crippen molar-refractivity contribution in [1.82, 2.24) is 5.32 Å². The first-order valence-corrected chi connectivity index (χ1v) is 5.69. The van der Waals surface area contributed by atoms with Crippen LogP contribution in [0.25, 0.3) is 0 Å². The number of amides is 1. The fraction of sp³-hybridized carbons (Fsp3) is 0.909. The third-order valence-corrected chi connectivity index (χ3v) is 3.10. The lowest BCUT2D eigenvalue weighted by atomic mass is 10.0. The van der Waals surface area contributed by atoms with Crippen LogP contribution in [0.2, 0.25) is 0 Å². The van der Waals surface area contributed by atoms with E-state index in [1.807, 2.05) is 6.92 Å². The monoisotopic (exact) mass is 198 g/mol. The van der Waals surface area contributed by atoms with Gasteiger partial charge in [0, 0.05) is 12.0 Å². The maximum atomic E-state index is 11.7. The lowest BCUT2D eigenvalue weighted by molar-refractivity contribution is -0.125. The third-order valence-electron chi connectivity index (χ3n) is 3.10. The van der Waals surface area contributed by atoms with Crippen LogP contribution in [-0.4, -0.2) is 18.5 Å². The number of rotatable bonds is 6. The molecule has 1 aliphatic carbocycles. The Hall–Kier alpha value is -0.570. The molecule has 0 aromatic heterocycles. The summed E-state index contributed by atoms with van der Waals surface area (Å²) in [5.74, 6) is 1.06. The molecule has 0 radical (unpaired) electrons. The Morgan fingerprint density at radius 2 is 2.21 bits per heavy atom. The number of carbonyl (C=O) groups is 1. The Labute approximate surface area is 86.4 Å². The summed E-state index contributed by atoms with van der Waals surface area (Å²) in [6.07, 6.45) is 4.31. The molecular formula is C11H22N2O. The van der Waals surface area contributed by atoms with Gasteiger partial charge < -0.3 is 11.1 Å². The third kappa shape index (κ3) is 3.29. The van der Waals surface area contributed by atoms with Crippen LogP contribution in [0.5, 0.6) is 0 Å². The highest BCUT2D eigenvalue weighted by molar-refractivity contribution is 5.79. The Bertz CT molecular complexity index is 190. The molecule has 1 aliphatic rings. The molecule has 2 atom stereocenters. The molecule has 0 bridgehead atoms. The summed E-state index contributed by atoms with van der Waals surface area (Å²) < 4.78 is 0. The summed E-state index contributed by atoms with van der Waals surface area (Å²) in [7, 11) is 0. The van der Waals surface area contributed by atoms with Gasteiger partial charge in [-0.25, -0.2) is 0 Å². The van der Waals surface area contributed by atoms with Gasteiger partial charge in [-0.15, -0.1) is 0 Å². The highest BCUT2D eigenvalue weighted by Crippen LogP contribution is 2.36. The highest BCUT2D eigenvalue weighted by Gasteiger charge is 2.32. The second kappa shape index (κ2) is 5.35. The van der Waals surface area contributed by atoms with Crippen molar-refractivity contribution in [3.63, 3.8) is 0 Å². The van der Waals surface area contributed by atoms with Crippen LogP contribution in [0.15, 0.2) is 0 Å². The van der Waals surface area contributed by atoms with E-state index in [0.29, 0.717) is 12.5 Å². The van der Waals surface area contributed by atoms with Gasteiger partial charge in [0.05, 0.1) is 0 Å². The summed E-state index contributed by atoms with van der Waals surface area (Å²) in [4.78, 5) is 11.7. The predicted molar refractivity (Wildman–Crippen MR) is 57.8 cm³/mol. The van der Waals surface area contributed by atoms with E-state index in [0.717, 1.165) is 12.8 Å². The van der Waals surface area contributed by atoms with Gasteiger partial charge in [-0.2, -0.15) is 0 Å². The van der Waals surface area contributed by atoms with Gasteiger partial charge >= 0.3 is 0 Å². The molecule has 14 heavy (non-hydrogen) atoms. The molecule has 82 valence electrons. The van der Waals surface area contributed by atoms with Gasteiger partial charge in [-0.05, 0) is 38.1 Å². The maximum absolute atomic E-state index is 11.7.